The van der Waals surface area contributed by atoms with Gasteiger partial charge in [-0.1, -0.05) is 74.5 Å². The van der Waals surface area contributed by atoms with Crippen LogP contribution in [0.25, 0.3) is 21.9 Å². The van der Waals surface area contributed by atoms with Gasteiger partial charge in [0, 0.05) is 5.56 Å². The Balaban J connectivity index is 2.00. The highest BCUT2D eigenvalue weighted by Crippen LogP contribution is 2.31. The number of ether oxygens (including phenoxy) is 1. The van der Waals surface area contributed by atoms with E-state index in [9.17, 15) is 9.59 Å². The van der Waals surface area contributed by atoms with Gasteiger partial charge in [0.2, 0.25) is 0 Å². The molecule has 0 aliphatic carbocycles. The molecule has 144 valence electrons. The van der Waals surface area contributed by atoms with Crippen LogP contribution >= 0.6 is 0 Å². The van der Waals surface area contributed by atoms with E-state index in [1.807, 2.05) is 56.3 Å². The minimum atomic E-state index is -0.668. The molecule has 4 heteroatoms. The molecule has 3 aromatic carbocycles. The molecule has 3 aromatic rings. The second-order valence-corrected chi connectivity index (χ2v) is 7.25. The summed E-state index contributed by atoms with van der Waals surface area (Å²) in [7, 11) is 1.34. The van der Waals surface area contributed by atoms with Crippen LogP contribution in [0.3, 0.4) is 0 Å². The molecule has 0 spiro atoms. The smallest absolute Gasteiger partial charge is 0.328 e. The van der Waals surface area contributed by atoms with Gasteiger partial charge in [-0.05, 0) is 40.3 Å². The second-order valence-electron chi connectivity index (χ2n) is 7.25. The molecule has 1 N–H and O–H groups in total. The average molecular weight is 375 g/mol. The molecule has 0 aliphatic heterocycles. The van der Waals surface area contributed by atoms with Gasteiger partial charge in [0.1, 0.15) is 6.04 Å². The van der Waals surface area contributed by atoms with Gasteiger partial charge in [0.15, 0.2) is 0 Å². The molecular formula is C24H25NO3. The summed E-state index contributed by atoms with van der Waals surface area (Å²) in [6.07, 6.45) is 0.523. The summed E-state index contributed by atoms with van der Waals surface area (Å²) in [6.45, 7) is 4.01. The molecule has 1 amide bonds. The van der Waals surface area contributed by atoms with Crippen molar-refractivity contribution >= 4 is 22.6 Å². The van der Waals surface area contributed by atoms with E-state index in [-0.39, 0.29) is 11.8 Å². The van der Waals surface area contributed by atoms with Crippen molar-refractivity contribution in [1.29, 1.82) is 0 Å². The first-order chi connectivity index (χ1) is 13.5. The fourth-order valence-electron chi connectivity index (χ4n) is 3.44. The lowest BCUT2D eigenvalue weighted by molar-refractivity contribution is -0.143. The summed E-state index contributed by atoms with van der Waals surface area (Å²) in [4.78, 5) is 25.2. The van der Waals surface area contributed by atoms with Crippen LogP contribution in [0.1, 0.15) is 30.6 Å². The number of nitrogens with one attached hydrogen (secondary N) is 1. The lowest BCUT2D eigenvalue weighted by Gasteiger charge is -2.19. The maximum absolute atomic E-state index is 13.1. The highest BCUT2D eigenvalue weighted by Gasteiger charge is 2.24. The van der Waals surface area contributed by atoms with Gasteiger partial charge >= 0.3 is 5.97 Å². The molecular weight excluding hydrogens is 350 g/mol. The number of carbonyl (C=O) groups excluding carboxylic acids is 2. The Bertz CT molecular complexity index is 989. The van der Waals surface area contributed by atoms with Crippen molar-refractivity contribution in [2.75, 3.05) is 7.11 Å². The average Bonchev–Trinajstić information content (AvgIpc) is 2.72. The standard InChI is InChI=1S/C24H25NO3/c1-16(2)15-22(24(27)28-3)25-23(26)21-13-7-6-12-20(21)19-14-8-10-17-9-4-5-11-18(17)19/h4-14,16,22H,15H2,1-3H3,(H,25,26)/t22-/m0/s1. The maximum Gasteiger partial charge on any atom is 0.328 e. The van der Waals surface area contributed by atoms with Gasteiger partial charge in [-0.3, -0.25) is 4.79 Å². The van der Waals surface area contributed by atoms with Crippen LogP contribution in [0.4, 0.5) is 0 Å². The summed E-state index contributed by atoms with van der Waals surface area (Å²) in [6, 6.07) is 21.0. The largest absolute Gasteiger partial charge is 0.467 e. The zero-order chi connectivity index (χ0) is 20.1. The summed E-state index contributed by atoms with van der Waals surface area (Å²) in [5, 5.41) is 5.05. The summed E-state index contributed by atoms with van der Waals surface area (Å²) in [5.41, 5.74) is 2.36. The zero-order valence-corrected chi connectivity index (χ0v) is 16.4. The van der Waals surface area contributed by atoms with Gasteiger partial charge in [0.25, 0.3) is 5.91 Å². The van der Waals surface area contributed by atoms with Crippen LogP contribution in [0.5, 0.6) is 0 Å². The molecule has 0 bridgehead atoms. The lowest BCUT2D eigenvalue weighted by Crippen LogP contribution is -2.42. The Labute approximate surface area is 165 Å². The highest BCUT2D eigenvalue weighted by molar-refractivity contribution is 6.06. The Kier molecular flexibility index (Phi) is 6.09. The number of benzene rings is 3. The van der Waals surface area contributed by atoms with Crippen LogP contribution < -0.4 is 5.32 Å². The van der Waals surface area contributed by atoms with Gasteiger partial charge in [-0.25, -0.2) is 4.79 Å². The summed E-state index contributed by atoms with van der Waals surface area (Å²) < 4.78 is 4.87. The third kappa shape index (κ3) is 4.22. The first-order valence-corrected chi connectivity index (χ1v) is 9.47. The van der Waals surface area contributed by atoms with Crippen molar-refractivity contribution in [2.24, 2.45) is 5.92 Å². The number of hydrogen-bond donors (Lipinski definition) is 1. The Morgan fingerprint density at radius 3 is 2.29 bits per heavy atom. The van der Waals surface area contributed by atoms with Gasteiger partial charge in [-0.15, -0.1) is 0 Å². The first kappa shape index (κ1) is 19.6. The number of esters is 1. The molecule has 0 saturated heterocycles. The van der Waals surface area contributed by atoms with Crippen LogP contribution in [0.2, 0.25) is 0 Å². The molecule has 1 atom stereocenters. The topological polar surface area (TPSA) is 55.4 Å². The number of carbonyl (C=O) groups is 2. The number of fused-ring (bicyclic) bond motifs is 1. The predicted octanol–water partition coefficient (Wildman–Crippen LogP) is 4.82. The fourth-order valence-corrected chi connectivity index (χ4v) is 3.44. The van der Waals surface area contributed by atoms with E-state index >= 15 is 0 Å². The molecule has 0 heterocycles. The summed E-state index contributed by atoms with van der Waals surface area (Å²) >= 11 is 0. The van der Waals surface area contributed by atoms with E-state index in [0.717, 1.165) is 21.9 Å². The van der Waals surface area contributed by atoms with Crippen LogP contribution in [0.15, 0.2) is 66.7 Å². The van der Waals surface area contributed by atoms with Crippen molar-refractivity contribution in [3.8, 4) is 11.1 Å². The molecule has 0 aliphatic rings. The molecule has 0 unspecified atom stereocenters. The first-order valence-electron chi connectivity index (χ1n) is 9.47. The molecule has 0 fully saturated rings. The van der Waals surface area contributed by atoms with E-state index in [2.05, 4.69) is 23.5 Å². The second kappa shape index (κ2) is 8.70. The predicted molar refractivity (Wildman–Crippen MR) is 112 cm³/mol. The van der Waals surface area contributed by atoms with Crippen molar-refractivity contribution in [2.45, 2.75) is 26.3 Å². The number of methoxy groups -OCH3 is 1. The van der Waals surface area contributed by atoms with Crippen LogP contribution in [-0.2, 0) is 9.53 Å². The van der Waals surface area contributed by atoms with Gasteiger partial charge in [-0.2, -0.15) is 0 Å². The van der Waals surface area contributed by atoms with Gasteiger partial charge < -0.3 is 10.1 Å². The third-order valence-electron chi connectivity index (χ3n) is 4.75. The molecule has 0 radical (unpaired) electrons. The highest BCUT2D eigenvalue weighted by atomic mass is 16.5. The SMILES string of the molecule is COC(=O)[C@H](CC(C)C)NC(=O)c1ccccc1-c1cccc2ccccc12. The van der Waals surface area contributed by atoms with Crippen molar-refractivity contribution in [3.63, 3.8) is 0 Å². The fraction of sp³-hybridized carbons (Fsp3) is 0.250. The van der Waals surface area contributed by atoms with Crippen LogP contribution in [0, 0.1) is 5.92 Å². The van der Waals surface area contributed by atoms with Crippen molar-refractivity contribution in [3.05, 3.63) is 72.3 Å². The van der Waals surface area contributed by atoms with E-state index in [1.54, 1.807) is 6.07 Å². The molecule has 0 aromatic heterocycles. The Morgan fingerprint density at radius 2 is 1.54 bits per heavy atom. The lowest BCUT2D eigenvalue weighted by atomic mass is 9.94. The number of hydrogen-bond acceptors (Lipinski definition) is 3. The number of rotatable bonds is 6. The number of amides is 1. The van der Waals surface area contributed by atoms with Gasteiger partial charge in [0.05, 0.1) is 7.11 Å². The van der Waals surface area contributed by atoms with Crippen LogP contribution in [-0.4, -0.2) is 25.0 Å². The quantitative estimate of drug-likeness (QED) is 0.628. The zero-order valence-electron chi connectivity index (χ0n) is 16.4. The Hall–Kier alpha value is -3.14. The molecule has 28 heavy (non-hydrogen) atoms. The van der Waals surface area contributed by atoms with E-state index in [4.69, 9.17) is 4.74 Å². The monoisotopic (exact) mass is 375 g/mol. The molecule has 3 rings (SSSR count). The Morgan fingerprint density at radius 1 is 0.893 bits per heavy atom. The van der Waals surface area contributed by atoms with E-state index in [1.165, 1.54) is 7.11 Å². The van der Waals surface area contributed by atoms with Crippen molar-refractivity contribution in [1.82, 2.24) is 5.32 Å². The minimum absolute atomic E-state index is 0.248. The van der Waals surface area contributed by atoms with Crippen molar-refractivity contribution < 1.29 is 14.3 Å². The summed E-state index contributed by atoms with van der Waals surface area (Å²) in [5.74, 6) is -0.456. The normalized spacial score (nSPS) is 12.0. The third-order valence-corrected chi connectivity index (χ3v) is 4.75. The molecule has 0 saturated carbocycles. The van der Waals surface area contributed by atoms with E-state index < -0.39 is 12.0 Å². The minimum Gasteiger partial charge on any atom is -0.467 e. The molecule has 4 nitrogen and oxygen atoms in total. The maximum atomic E-state index is 13.1. The van der Waals surface area contributed by atoms with E-state index in [0.29, 0.717) is 12.0 Å².